The molecule has 2 aliphatic heterocycles. The van der Waals surface area contributed by atoms with Gasteiger partial charge in [0.25, 0.3) is 5.91 Å². The Hall–Kier alpha value is -2.61. The highest BCUT2D eigenvalue weighted by molar-refractivity contribution is 5.97. The third-order valence-electron chi connectivity index (χ3n) is 6.32. The van der Waals surface area contributed by atoms with Crippen molar-refractivity contribution in [3.8, 4) is 11.5 Å². The van der Waals surface area contributed by atoms with Gasteiger partial charge in [-0.05, 0) is 36.9 Å². The Morgan fingerprint density at radius 1 is 1.03 bits per heavy atom. The fraction of sp³-hybridized carbons (Fsp3) is 0.480. The van der Waals surface area contributed by atoms with Crippen molar-refractivity contribution in [3.63, 3.8) is 0 Å². The van der Waals surface area contributed by atoms with Crippen molar-refractivity contribution in [2.75, 3.05) is 73.2 Å². The van der Waals surface area contributed by atoms with Gasteiger partial charge in [-0.2, -0.15) is 0 Å². The molecule has 7 nitrogen and oxygen atoms in total. The van der Waals surface area contributed by atoms with Crippen molar-refractivity contribution in [2.24, 2.45) is 0 Å². The van der Waals surface area contributed by atoms with Gasteiger partial charge in [0.1, 0.15) is 18.1 Å². The van der Waals surface area contributed by atoms with Crippen molar-refractivity contribution in [1.82, 2.24) is 14.7 Å². The third kappa shape index (κ3) is 5.41. The van der Waals surface area contributed by atoms with Crippen LogP contribution in [0.15, 0.2) is 48.5 Å². The van der Waals surface area contributed by atoms with Gasteiger partial charge in [0.05, 0.1) is 31.9 Å². The minimum Gasteiger partial charge on any atom is -0.497 e. The molecule has 7 heteroatoms. The lowest BCUT2D eigenvalue weighted by Crippen LogP contribution is -2.49. The summed E-state index contributed by atoms with van der Waals surface area (Å²) in [4.78, 5) is 20.0. The number of benzene rings is 2. The first kappa shape index (κ1) is 22.6. The molecule has 0 aliphatic carbocycles. The first-order chi connectivity index (χ1) is 15.7. The fourth-order valence-corrected chi connectivity index (χ4v) is 4.29. The smallest absolute Gasteiger partial charge is 0.257 e. The van der Waals surface area contributed by atoms with Crippen molar-refractivity contribution in [1.29, 1.82) is 0 Å². The number of morpholine rings is 1. The van der Waals surface area contributed by atoms with E-state index in [0.717, 1.165) is 45.1 Å². The molecule has 2 aromatic rings. The maximum absolute atomic E-state index is 13.4. The number of likely N-dealkylation sites (N-methyl/N-ethyl adjacent to an activating group) is 1. The highest BCUT2D eigenvalue weighted by atomic mass is 16.5. The van der Waals surface area contributed by atoms with Crippen molar-refractivity contribution in [3.05, 3.63) is 59.7 Å². The van der Waals surface area contributed by atoms with Gasteiger partial charge >= 0.3 is 0 Å². The average Bonchev–Trinajstić information content (AvgIpc) is 2.85. The Kier molecular flexibility index (Phi) is 7.63. The summed E-state index contributed by atoms with van der Waals surface area (Å²) in [6, 6.07) is 15.8. The topological polar surface area (TPSA) is 54.5 Å². The predicted octanol–water partition coefficient (Wildman–Crippen LogP) is 2.54. The Bertz CT molecular complexity index is 883. The van der Waals surface area contributed by atoms with Gasteiger partial charge in [-0.1, -0.05) is 24.3 Å². The van der Waals surface area contributed by atoms with Crippen molar-refractivity contribution >= 4 is 5.91 Å². The fourth-order valence-electron chi connectivity index (χ4n) is 4.29. The largest absolute Gasteiger partial charge is 0.497 e. The van der Waals surface area contributed by atoms with E-state index in [1.54, 1.807) is 7.11 Å². The van der Waals surface area contributed by atoms with E-state index in [2.05, 4.69) is 29.0 Å². The second-order valence-electron chi connectivity index (χ2n) is 8.32. The number of nitrogens with zero attached hydrogens (tertiary/aromatic N) is 3. The number of hydrogen-bond acceptors (Lipinski definition) is 6. The van der Waals surface area contributed by atoms with E-state index in [1.807, 2.05) is 41.3 Å². The number of piperazine rings is 1. The van der Waals surface area contributed by atoms with Gasteiger partial charge in [0, 0.05) is 39.3 Å². The minimum atomic E-state index is 0.0265. The van der Waals surface area contributed by atoms with Crippen LogP contribution in [0.3, 0.4) is 0 Å². The van der Waals surface area contributed by atoms with E-state index < -0.39 is 0 Å². The van der Waals surface area contributed by atoms with Gasteiger partial charge in [-0.25, -0.2) is 0 Å². The van der Waals surface area contributed by atoms with E-state index in [9.17, 15) is 4.79 Å². The molecule has 2 heterocycles. The van der Waals surface area contributed by atoms with Gasteiger partial charge in [0.2, 0.25) is 0 Å². The standard InChI is InChI=1S/C25H33N3O4/c1-26-11-12-28(19-23(26)20-7-9-21(30-2)10-8-20)25(29)22-5-3-4-6-24(22)32-18-15-27-13-16-31-17-14-27/h3-10,23H,11-19H2,1-2H3. The second-order valence-corrected chi connectivity index (χ2v) is 8.32. The molecule has 0 N–H and O–H groups in total. The third-order valence-corrected chi connectivity index (χ3v) is 6.32. The summed E-state index contributed by atoms with van der Waals surface area (Å²) in [5.74, 6) is 1.52. The number of methoxy groups -OCH3 is 1. The second kappa shape index (κ2) is 10.8. The first-order valence-corrected chi connectivity index (χ1v) is 11.3. The van der Waals surface area contributed by atoms with Crippen LogP contribution >= 0.6 is 0 Å². The molecule has 172 valence electrons. The van der Waals surface area contributed by atoms with Gasteiger partial charge < -0.3 is 19.1 Å². The van der Waals surface area contributed by atoms with Crippen LogP contribution in [-0.2, 0) is 4.74 Å². The molecule has 1 unspecified atom stereocenters. The van der Waals surface area contributed by atoms with E-state index in [1.165, 1.54) is 5.56 Å². The molecule has 1 amide bonds. The normalized spacial score (nSPS) is 20.2. The lowest BCUT2D eigenvalue weighted by molar-refractivity contribution is 0.0321. The molecule has 1 atom stereocenters. The molecule has 2 aliphatic rings. The van der Waals surface area contributed by atoms with Crippen LogP contribution in [0.1, 0.15) is 22.0 Å². The number of ether oxygens (including phenoxy) is 3. The molecule has 32 heavy (non-hydrogen) atoms. The maximum Gasteiger partial charge on any atom is 0.257 e. The summed E-state index contributed by atoms with van der Waals surface area (Å²) in [5.41, 5.74) is 1.81. The molecule has 0 spiro atoms. The Morgan fingerprint density at radius 2 is 1.78 bits per heavy atom. The zero-order valence-electron chi connectivity index (χ0n) is 19.0. The summed E-state index contributed by atoms with van der Waals surface area (Å²) in [5, 5.41) is 0. The maximum atomic E-state index is 13.4. The number of para-hydroxylation sites is 1. The summed E-state index contributed by atoms with van der Waals surface area (Å²) in [6.45, 7) is 6.95. The molecular formula is C25H33N3O4. The van der Waals surface area contributed by atoms with Crippen LogP contribution in [0.2, 0.25) is 0 Å². The minimum absolute atomic E-state index is 0.0265. The van der Waals surface area contributed by atoms with Crippen LogP contribution < -0.4 is 9.47 Å². The molecule has 2 aromatic carbocycles. The molecule has 0 bridgehead atoms. The highest BCUT2D eigenvalue weighted by Crippen LogP contribution is 2.28. The quantitative estimate of drug-likeness (QED) is 0.661. The summed E-state index contributed by atoms with van der Waals surface area (Å²) in [7, 11) is 3.78. The van der Waals surface area contributed by atoms with Gasteiger partial charge in [-0.3, -0.25) is 14.6 Å². The van der Waals surface area contributed by atoms with Crippen LogP contribution in [-0.4, -0.2) is 93.9 Å². The SMILES string of the molecule is COc1ccc(C2CN(C(=O)c3ccccc3OCCN3CCOCC3)CCN2C)cc1. The van der Waals surface area contributed by atoms with E-state index in [0.29, 0.717) is 31.0 Å². The zero-order chi connectivity index (χ0) is 22.3. The molecule has 0 radical (unpaired) electrons. The van der Waals surface area contributed by atoms with Gasteiger partial charge in [-0.15, -0.1) is 0 Å². The monoisotopic (exact) mass is 439 g/mol. The molecule has 0 aromatic heterocycles. The van der Waals surface area contributed by atoms with Crippen LogP contribution in [0, 0.1) is 0 Å². The average molecular weight is 440 g/mol. The Labute approximate surface area is 190 Å². The molecule has 0 saturated carbocycles. The zero-order valence-corrected chi connectivity index (χ0v) is 19.0. The predicted molar refractivity (Wildman–Crippen MR) is 123 cm³/mol. The van der Waals surface area contributed by atoms with Crippen LogP contribution in [0.4, 0.5) is 0 Å². The van der Waals surface area contributed by atoms with E-state index in [4.69, 9.17) is 14.2 Å². The summed E-state index contributed by atoms with van der Waals surface area (Å²) < 4.78 is 16.7. The van der Waals surface area contributed by atoms with Crippen LogP contribution in [0.25, 0.3) is 0 Å². The summed E-state index contributed by atoms with van der Waals surface area (Å²) in [6.07, 6.45) is 0. The number of amides is 1. The van der Waals surface area contributed by atoms with Crippen LogP contribution in [0.5, 0.6) is 11.5 Å². The van der Waals surface area contributed by atoms with E-state index >= 15 is 0 Å². The number of carbonyl (C=O) groups is 1. The van der Waals surface area contributed by atoms with E-state index in [-0.39, 0.29) is 11.9 Å². The lowest BCUT2D eigenvalue weighted by Gasteiger charge is -2.40. The van der Waals surface area contributed by atoms with Gasteiger partial charge in [0.15, 0.2) is 0 Å². The molecule has 2 fully saturated rings. The molecule has 2 saturated heterocycles. The summed E-state index contributed by atoms with van der Waals surface area (Å²) >= 11 is 0. The lowest BCUT2D eigenvalue weighted by atomic mass is 10.0. The van der Waals surface area contributed by atoms with Crippen molar-refractivity contribution in [2.45, 2.75) is 6.04 Å². The number of carbonyl (C=O) groups excluding carboxylic acids is 1. The number of hydrogen-bond donors (Lipinski definition) is 0. The Morgan fingerprint density at radius 3 is 2.53 bits per heavy atom. The Balaban J connectivity index is 1.41. The molecule has 4 rings (SSSR count). The number of rotatable bonds is 7. The van der Waals surface area contributed by atoms with Crippen molar-refractivity contribution < 1.29 is 19.0 Å². The highest BCUT2D eigenvalue weighted by Gasteiger charge is 2.30. The molecular weight excluding hydrogens is 406 g/mol. The first-order valence-electron chi connectivity index (χ1n) is 11.3.